The van der Waals surface area contributed by atoms with Crippen molar-refractivity contribution in [3.8, 4) is 0 Å². The molecule has 1 heterocycles. The van der Waals surface area contributed by atoms with Gasteiger partial charge < -0.3 is 9.64 Å². The predicted octanol–water partition coefficient (Wildman–Crippen LogP) is 2.05. The number of carbonyl (C=O) groups is 2. The molecule has 0 spiro atoms. The van der Waals surface area contributed by atoms with E-state index in [2.05, 4.69) is 0 Å². The highest BCUT2D eigenvalue weighted by Crippen LogP contribution is 2.11. The Morgan fingerprint density at radius 1 is 1.21 bits per heavy atom. The molecule has 0 bridgehead atoms. The molecule has 19 heavy (non-hydrogen) atoms. The molecule has 4 nitrogen and oxygen atoms in total. The molecule has 0 radical (unpaired) electrons. The summed E-state index contributed by atoms with van der Waals surface area (Å²) in [6.45, 7) is 1.47. The Kier molecular flexibility index (Phi) is 4.93. The maximum atomic E-state index is 11.8. The summed E-state index contributed by atoms with van der Waals surface area (Å²) in [6.07, 6.45) is 0.922. The number of nitrogens with zero attached hydrogens (tertiary/aromatic N) is 1. The SMILES string of the molecule is O=C1CCN(C(=O)COCc2ccc(Cl)cc2)CC1. The summed E-state index contributed by atoms with van der Waals surface area (Å²) in [6, 6.07) is 7.31. The first-order valence-corrected chi connectivity index (χ1v) is 6.64. The van der Waals surface area contributed by atoms with E-state index in [0.717, 1.165) is 5.56 Å². The smallest absolute Gasteiger partial charge is 0.248 e. The summed E-state index contributed by atoms with van der Waals surface area (Å²) in [5.74, 6) is 0.174. The second-order valence-electron chi connectivity index (χ2n) is 4.54. The van der Waals surface area contributed by atoms with Crippen molar-refractivity contribution in [1.82, 2.24) is 4.90 Å². The number of halogens is 1. The molecule has 1 fully saturated rings. The Bertz CT molecular complexity index is 448. The lowest BCUT2D eigenvalue weighted by molar-refractivity contribution is -0.139. The summed E-state index contributed by atoms with van der Waals surface area (Å²) >= 11 is 5.78. The summed E-state index contributed by atoms with van der Waals surface area (Å²) in [5.41, 5.74) is 0.978. The predicted molar refractivity (Wildman–Crippen MR) is 71.9 cm³/mol. The number of piperidine rings is 1. The molecule has 0 aliphatic carbocycles. The molecule has 0 N–H and O–H groups in total. The van der Waals surface area contributed by atoms with Crippen LogP contribution in [0.25, 0.3) is 0 Å². The van der Waals surface area contributed by atoms with E-state index in [1.807, 2.05) is 12.1 Å². The highest BCUT2D eigenvalue weighted by molar-refractivity contribution is 6.30. The molecule has 1 aliphatic heterocycles. The molecule has 0 atom stereocenters. The molecule has 102 valence electrons. The zero-order valence-electron chi connectivity index (χ0n) is 10.6. The van der Waals surface area contributed by atoms with Gasteiger partial charge in [0.15, 0.2) is 0 Å². The van der Waals surface area contributed by atoms with Gasteiger partial charge in [-0.15, -0.1) is 0 Å². The minimum atomic E-state index is -0.0542. The molecule has 1 aliphatic rings. The van der Waals surface area contributed by atoms with Crippen LogP contribution in [0.3, 0.4) is 0 Å². The fourth-order valence-electron chi connectivity index (χ4n) is 1.93. The average Bonchev–Trinajstić information content (AvgIpc) is 2.41. The quantitative estimate of drug-likeness (QED) is 0.848. The fraction of sp³-hybridized carbons (Fsp3) is 0.429. The van der Waals surface area contributed by atoms with Gasteiger partial charge in [-0.05, 0) is 17.7 Å². The number of amides is 1. The van der Waals surface area contributed by atoms with Gasteiger partial charge in [-0.1, -0.05) is 23.7 Å². The van der Waals surface area contributed by atoms with Crippen molar-refractivity contribution in [3.05, 3.63) is 34.9 Å². The van der Waals surface area contributed by atoms with Crippen LogP contribution in [0.1, 0.15) is 18.4 Å². The van der Waals surface area contributed by atoms with Gasteiger partial charge in [0.1, 0.15) is 12.4 Å². The van der Waals surface area contributed by atoms with Crippen LogP contribution in [-0.2, 0) is 20.9 Å². The van der Waals surface area contributed by atoms with Crippen LogP contribution in [0.5, 0.6) is 0 Å². The lowest BCUT2D eigenvalue weighted by Crippen LogP contribution is -2.40. The molecule has 0 saturated carbocycles. The van der Waals surface area contributed by atoms with Crippen LogP contribution in [0.15, 0.2) is 24.3 Å². The first-order valence-electron chi connectivity index (χ1n) is 6.27. The van der Waals surface area contributed by atoms with Crippen LogP contribution < -0.4 is 0 Å². The van der Waals surface area contributed by atoms with E-state index < -0.39 is 0 Å². The van der Waals surface area contributed by atoms with E-state index in [1.54, 1.807) is 17.0 Å². The standard InChI is InChI=1S/C14H16ClNO3/c15-12-3-1-11(2-4-12)9-19-10-14(18)16-7-5-13(17)6-8-16/h1-4H,5-10H2. The molecular formula is C14H16ClNO3. The number of hydrogen-bond acceptors (Lipinski definition) is 3. The second-order valence-corrected chi connectivity index (χ2v) is 4.98. The van der Waals surface area contributed by atoms with E-state index >= 15 is 0 Å². The largest absolute Gasteiger partial charge is 0.367 e. The van der Waals surface area contributed by atoms with Crippen molar-refractivity contribution in [2.45, 2.75) is 19.4 Å². The number of ether oxygens (including phenoxy) is 1. The third-order valence-electron chi connectivity index (χ3n) is 3.08. The number of benzene rings is 1. The van der Waals surface area contributed by atoms with Crippen LogP contribution in [-0.4, -0.2) is 36.3 Å². The lowest BCUT2D eigenvalue weighted by Gasteiger charge is -2.25. The molecule has 1 amide bonds. The fourth-order valence-corrected chi connectivity index (χ4v) is 2.06. The van der Waals surface area contributed by atoms with Crippen molar-refractivity contribution < 1.29 is 14.3 Å². The monoisotopic (exact) mass is 281 g/mol. The van der Waals surface area contributed by atoms with E-state index in [1.165, 1.54) is 0 Å². The van der Waals surface area contributed by atoms with Crippen molar-refractivity contribution in [1.29, 1.82) is 0 Å². The van der Waals surface area contributed by atoms with Crippen LogP contribution in [0.2, 0.25) is 5.02 Å². The maximum Gasteiger partial charge on any atom is 0.248 e. The summed E-state index contributed by atoms with van der Waals surface area (Å²) in [5, 5.41) is 0.679. The van der Waals surface area contributed by atoms with E-state index in [4.69, 9.17) is 16.3 Å². The van der Waals surface area contributed by atoms with Crippen molar-refractivity contribution in [2.75, 3.05) is 19.7 Å². The van der Waals surface area contributed by atoms with Gasteiger partial charge >= 0.3 is 0 Å². The highest BCUT2D eigenvalue weighted by Gasteiger charge is 2.20. The van der Waals surface area contributed by atoms with Crippen LogP contribution in [0.4, 0.5) is 0 Å². The van der Waals surface area contributed by atoms with Gasteiger partial charge in [0.2, 0.25) is 5.91 Å². The van der Waals surface area contributed by atoms with Gasteiger partial charge in [0.05, 0.1) is 6.61 Å². The number of rotatable bonds is 4. The molecule has 0 aromatic heterocycles. The summed E-state index contributed by atoms with van der Waals surface area (Å²) in [7, 11) is 0. The van der Waals surface area contributed by atoms with Gasteiger partial charge in [-0.3, -0.25) is 9.59 Å². The molecule has 1 aromatic rings. The van der Waals surface area contributed by atoms with Gasteiger partial charge in [0, 0.05) is 31.0 Å². The topological polar surface area (TPSA) is 46.6 Å². The zero-order valence-corrected chi connectivity index (χ0v) is 11.4. The van der Waals surface area contributed by atoms with Crippen molar-refractivity contribution in [2.24, 2.45) is 0 Å². The number of hydrogen-bond donors (Lipinski definition) is 0. The zero-order chi connectivity index (χ0) is 13.7. The van der Waals surface area contributed by atoms with Gasteiger partial charge in [0.25, 0.3) is 0 Å². The van der Waals surface area contributed by atoms with E-state index in [-0.39, 0.29) is 18.3 Å². The van der Waals surface area contributed by atoms with Crippen molar-refractivity contribution in [3.63, 3.8) is 0 Å². The van der Waals surface area contributed by atoms with Gasteiger partial charge in [-0.25, -0.2) is 0 Å². The first-order chi connectivity index (χ1) is 9.15. The molecule has 1 saturated heterocycles. The Balaban J connectivity index is 1.72. The number of ketones is 1. The first kappa shape index (κ1) is 14.0. The van der Waals surface area contributed by atoms with Crippen molar-refractivity contribution >= 4 is 23.3 Å². The average molecular weight is 282 g/mol. The molecule has 1 aromatic carbocycles. The molecule has 5 heteroatoms. The number of likely N-dealkylation sites (tertiary alicyclic amines) is 1. The Labute approximate surface area is 117 Å². The molecule has 0 unspecified atom stereocenters. The maximum absolute atomic E-state index is 11.8. The lowest BCUT2D eigenvalue weighted by atomic mass is 10.1. The highest BCUT2D eigenvalue weighted by atomic mass is 35.5. The number of carbonyl (C=O) groups excluding carboxylic acids is 2. The summed E-state index contributed by atoms with van der Waals surface area (Å²) < 4.78 is 5.38. The van der Waals surface area contributed by atoms with Crippen LogP contribution in [0, 0.1) is 0 Å². The third-order valence-corrected chi connectivity index (χ3v) is 3.33. The van der Waals surface area contributed by atoms with Gasteiger partial charge in [-0.2, -0.15) is 0 Å². The third kappa shape index (κ3) is 4.33. The normalized spacial score (nSPS) is 15.6. The number of Topliss-reactive ketones (excluding diaryl/α,β-unsaturated/α-hetero) is 1. The van der Waals surface area contributed by atoms with Crippen LogP contribution >= 0.6 is 11.6 Å². The Morgan fingerprint density at radius 2 is 1.84 bits per heavy atom. The minimum Gasteiger partial charge on any atom is -0.367 e. The Morgan fingerprint density at radius 3 is 2.47 bits per heavy atom. The minimum absolute atomic E-state index is 0.0524. The second kappa shape index (κ2) is 6.68. The molecular weight excluding hydrogens is 266 g/mol. The van der Waals surface area contributed by atoms with E-state index in [0.29, 0.717) is 37.6 Å². The summed E-state index contributed by atoms with van der Waals surface area (Å²) in [4.78, 5) is 24.6. The molecule has 2 rings (SSSR count). The Hall–Kier alpha value is -1.39. The van der Waals surface area contributed by atoms with E-state index in [9.17, 15) is 9.59 Å².